The summed E-state index contributed by atoms with van der Waals surface area (Å²) >= 11 is 1.44. The van der Waals surface area contributed by atoms with E-state index in [0.717, 1.165) is 5.69 Å². The Kier molecular flexibility index (Phi) is 2.41. The van der Waals surface area contributed by atoms with Gasteiger partial charge >= 0.3 is 0 Å². The van der Waals surface area contributed by atoms with E-state index in [1.807, 2.05) is 10.9 Å². The molecule has 1 amide bonds. The molecule has 2 fully saturated rings. The minimum Gasteiger partial charge on any atom is -0.333 e. The molecule has 19 heavy (non-hydrogen) atoms. The van der Waals surface area contributed by atoms with E-state index in [9.17, 15) is 4.79 Å². The number of aromatic nitrogens is 4. The summed E-state index contributed by atoms with van der Waals surface area (Å²) in [5, 5.41) is 10.2. The van der Waals surface area contributed by atoms with Crippen LogP contribution in [0.2, 0.25) is 0 Å². The van der Waals surface area contributed by atoms with E-state index in [0.29, 0.717) is 24.7 Å². The number of rotatable bonds is 3. The number of hydrogen-bond acceptors (Lipinski definition) is 5. The summed E-state index contributed by atoms with van der Waals surface area (Å²) in [6.07, 6.45) is 4.50. The summed E-state index contributed by atoms with van der Waals surface area (Å²) in [7, 11) is 0. The lowest BCUT2D eigenvalue weighted by Crippen LogP contribution is -2.51. The molecule has 0 spiro atoms. The fraction of sp³-hybridized carbons (Fsp3) is 0.500. The van der Waals surface area contributed by atoms with E-state index in [4.69, 9.17) is 0 Å². The maximum Gasteiger partial charge on any atom is 0.273 e. The largest absolute Gasteiger partial charge is 0.333 e. The number of nitrogens with zero attached hydrogens (tertiary/aromatic N) is 5. The van der Waals surface area contributed by atoms with Crippen LogP contribution in [0, 0.1) is 0 Å². The number of likely N-dealkylation sites (tertiary alicyclic amines) is 1. The summed E-state index contributed by atoms with van der Waals surface area (Å²) in [6.45, 7) is 1.40. The Bertz CT molecular complexity index is 597. The Balaban J connectivity index is 1.40. The van der Waals surface area contributed by atoms with E-state index in [2.05, 4.69) is 15.3 Å². The zero-order valence-corrected chi connectivity index (χ0v) is 11.1. The van der Waals surface area contributed by atoms with Gasteiger partial charge in [-0.2, -0.15) is 0 Å². The lowest BCUT2D eigenvalue weighted by atomic mass is 10.1. The smallest absolute Gasteiger partial charge is 0.273 e. The van der Waals surface area contributed by atoms with Crippen molar-refractivity contribution in [1.82, 2.24) is 24.9 Å². The van der Waals surface area contributed by atoms with Crippen molar-refractivity contribution in [2.24, 2.45) is 0 Å². The molecular formula is C12H13N5OS. The summed E-state index contributed by atoms with van der Waals surface area (Å²) in [6, 6.07) is 0.266. The third-order valence-corrected chi connectivity index (χ3v) is 4.29. The number of carbonyl (C=O) groups is 1. The van der Waals surface area contributed by atoms with Crippen molar-refractivity contribution in [2.45, 2.75) is 24.8 Å². The van der Waals surface area contributed by atoms with Crippen molar-refractivity contribution in [1.29, 1.82) is 0 Å². The highest BCUT2D eigenvalue weighted by Crippen LogP contribution is 2.39. The Morgan fingerprint density at radius 2 is 2.21 bits per heavy atom. The summed E-state index contributed by atoms with van der Waals surface area (Å²) in [5.74, 6) is 0.640. The molecule has 0 radical (unpaired) electrons. The first-order valence-electron chi connectivity index (χ1n) is 6.40. The van der Waals surface area contributed by atoms with Gasteiger partial charge in [-0.05, 0) is 12.8 Å². The molecule has 2 aromatic heterocycles. The molecule has 3 heterocycles. The molecule has 0 unspecified atom stereocenters. The fourth-order valence-electron chi connectivity index (χ4n) is 2.30. The zero-order chi connectivity index (χ0) is 12.8. The van der Waals surface area contributed by atoms with Gasteiger partial charge in [0.05, 0.1) is 17.2 Å². The molecular weight excluding hydrogens is 262 g/mol. The van der Waals surface area contributed by atoms with Crippen LogP contribution >= 0.6 is 11.3 Å². The third kappa shape index (κ3) is 1.94. The molecule has 6 nitrogen and oxygen atoms in total. The maximum absolute atomic E-state index is 12.0. The summed E-state index contributed by atoms with van der Waals surface area (Å²) in [5.41, 5.74) is 3.33. The van der Waals surface area contributed by atoms with E-state index in [-0.39, 0.29) is 11.9 Å². The second-order valence-corrected chi connectivity index (χ2v) is 5.85. The topological polar surface area (TPSA) is 63.9 Å². The van der Waals surface area contributed by atoms with Crippen molar-refractivity contribution in [3.63, 3.8) is 0 Å². The minimum absolute atomic E-state index is 0.0139. The van der Waals surface area contributed by atoms with Gasteiger partial charge in [-0.25, -0.2) is 9.67 Å². The van der Waals surface area contributed by atoms with Crippen LogP contribution in [-0.4, -0.2) is 43.9 Å². The third-order valence-electron chi connectivity index (χ3n) is 3.70. The van der Waals surface area contributed by atoms with E-state index < -0.39 is 0 Å². The SMILES string of the molecule is O=C(c1cscn1)N1CC(n2cc(C3CC3)nn2)C1. The Morgan fingerprint density at radius 1 is 1.37 bits per heavy atom. The van der Waals surface area contributed by atoms with E-state index in [1.165, 1.54) is 24.2 Å². The van der Waals surface area contributed by atoms with Crippen molar-refractivity contribution < 1.29 is 4.79 Å². The number of thiazole rings is 1. The highest BCUT2D eigenvalue weighted by molar-refractivity contribution is 7.07. The van der Waals surface area contributed by atoms with Crippen molar-refractivity contribution in [3.8, 4) is 0 Å². The van der Waals surface area contributed by atoms with Crippen LogP contribution in [0.5, 0.6) is 0 Å². The zero-order valence-electron chi connectivity index (χ0n) is 10.3. The van der Waals surface area contributed by atoms with Gasteiger partial charge in [-0.3, -0.25) is 4.79 Å². The molecule has 0 atom stereocenters. The number of carbonyl (C=O) groups excluding carboxylic acids is 1. The molecule has 2 aromatic rings. The first-order chi connectivity index (χ1) is 9.31. The van der Waals surface area contributed by atoms with Crippen LogP contribution in [0.4, 0.5) is 0 Å². The number of hydrogen-bond donors (Lipinski definition) is 0. The molecule has 98 valence electrons. The van der Waals surface area contributed by atoms with Crippen molar-refractivity contribution >= 4 is 17.2 Å². The van der Waals surface area contributed by atoms with E-state index in [1.54, 1.807) is 15.8 Å². The van der Waals surface area contributed by atoms with Gasteiger partial charge in [0.1, 0.15) is 5.69 Å². The van der Waals surface area contributed by atoms with Crippen LogP contribution in [0.25, 0.3) is 0 Å². The highest BCUT2D eigenvalue weighted by Gasteiger charge is 2.35. The summed E-state index contributed by atoms with van der Waals surface area (Å²) in [4.78, 5) is 17.9. The van der Waals surface area contributed by atoms with Gasteiger partial charge in [0.15, 0.2) is 0 Å². The molecule has 7 heteroatoms. The molecule has 4 rings (SSSR count). The molecule has 1 aliphatic carbocycles. The van der Waals surface area contributed by atoms with E-state index >= 15 is 0 Å². The van der Waals surface area contributed by atoms with Crippen LogP contribution in [0.15, 0.2) is 17.1 Å². The maximum atomic E-state index is 12.0. The predicted molar refractivity (Wildman–Crippen MR) is 69.1 cm³/mol. The average Bonchev–Trinajstić information content (AvgIpc) is 2.90. The first-order valence-corrected chi connectivity index (χ1v) is 7.35. The number of amides is 1. The highest BCUT2D eigenvalue weighted by atomic mass is 32.1. The van der Waals surface area contributed by atoms with Gasteiger partial charge in [0.25, 0.3) is 5.91 Å². The Hall–Kier alpha value is -1.76. The normalized spacial score (nSPS) is 19.5. The Labute approximate surface area is 114 Å². The molecule has 0 N–H and O–H groups in total. The average molecular weight is 275 g/mol. The predicted octanol–water partition coefficient (Wildman–Crippen LogP) is 1.31. The Morgan fingerprint density at radius 3 is 2.89 bits per heavy atom. The van der Waals surface area contributed by atoms with Gasteiger partial charge in [0.2, 0.25) is 0 Å². The lowest BCUT2D eigenvalue weighted by Gasteiger charge is -2.38. The molecule has 1 saturated carbocycles. The van der Waals surface area contributed by atoms with Gasteiger partial charge < -0.3 is 4.90 Å². The molecule has 0 bridgehead atoms. The standard InChI is InChI=1S/C12H13N5OS/c18-12(11-6-19-7-13-11)16-3-9(4-16)17-5-10(14-15-17)8-1-2-8/h5-9H,1-4H2. The minimum atomic E-state index is 0.0139. The molecule has 1 saturated heterocycles. The van der Waals surface area contributed by atoms with Gasteiger partial charge in [-0.15, -0.1) is 16.4 Å². The van der Waals surface area contributed by atoms with Crippen molar-refractivity contribution in [3.05, 3.63) is 28.5 Å². The second kappa shape index (κ2) is 4.12. The molecule has 0 aromatic carbocycles. The fourth-order valence-corrected chi connectivity index (χ4v) is 2.83. The van der Waals surface area contributed by atoms with Gasteiger partial charge in [0, 0.05) is 30.6 Å². The lowest BCUT2D eigenvalue weighted by molar-refractivity contribution is 0.0493. The van der Waals surface area contributed by atoms with Crippen LogP contribution < -0.4 is 0 Å². The molecule has 1 aliphatic heterocycles. The van der Waals surface area contributed by atoms with Gasteiger partial charge in [-0.1, -0.05) is 5.21 Å². The molecule has 2 aliphatic rings. The quantitative estimate of drug-likeness (QED) is 0.847. The van der Waals surface area contributed by atoms with Crippen LogP contribution in [-0.2, 0) is 0 Å². The van der Waals surface area contributed by atoms with Crippen LogP contribution in [0.1, 0.15) is 41.0 Å². The monoisotopic (exact) mass is 275 g/mol. The summed E-state index contributed by atoms with van der Waals surface area (Å²) < 4.78 is 1.90. The first kappa shape index (κ1) is 11.1. The second-order valence-electron chi connectivity index (χ2n) is 5.14. The van der Waals surface area contributed by atoms with Crippen molar-refractivity contribution in [2.75, 3.05) is 13.1 Å². The van der Waals surface area contributed by atoms with Crippen LogP contribution in [0.3, 0.4) is 0 Å².